The number of H-pyrrole nitrogens is 1. The van der Waals surface area contributed by atoms with Crippen molar-refractivity contribution in [3.63, 3.8) is 0 Å². The SMILES string of the molecule is COCCNC(=O)CSc1nncc2c1[nH]c1ccc(F)cc12. The van der Waals surface area contributed by atoms with E-state index in [1.807, 2.05) is 0 Å². The Balaban J connectivity index is 1.81. The highest BCUT2D eigenvalue weighted by atomic mass is 32.2. The number of methoxy groups -OCH3 is 1. The van der Waals surface area contributed by atoms with Gasteiger partial charge in [0.2, 0.25) is 5.91 Å². The van der Waals surface area contributed by atoms with E-state index in [1.165, 1.54) is 23.9 Å². The molecule has 0 saturated carbocycles. The number of thioether (sulfide) groups is 1. The summed E-state index contributed by atoms with van der Waals surface area (Å²) in [4.78, 5) is 15.0. The predicted octanol–water partition coefficient (Wildman–Crippen LogP) is 2.10. The molecule has 1 aromatic carbocycles. The summed E-state index contributed by atoms with van der Waals surface area (Å²) in [7, 11) is 1.58. The largest absolute Gasteiger partial charge is 0.383 e. The van der Waals surface area contributed by atoms with Crippen molar-refractivity contribution in [2.45, 2.75) is 5.03 Å². The van der Waals surface area contributed by atoms with Crippen LogP contribution in [0.5, 0.6) is 0 Å². The summed E-state index contributed by atoms with van der Waals surface area (Å²) in [5.41, 5.74) is 1.57. The monoisotopic (exact) mass is 334 g/mol. The van der Waals surface area contributed by atoms with Gasteiger partial charge >= 0.3 is 0 Å². The lowest BCUT2D eigenvalue weighted by molar-refractivity contribution is -0.118. The number of fused-ring (bicyclic) bond motifs is 3. The topological polar surface area (TPSA) is 79.9 Å². The first-order chi connectivity index (χ1) is 11.2. The Morgan fingerprint density at radius 2 is 2.30 bits per heavy atom. The van der Waals surface area contributed by atoms with Gasteiger partial charge in [-0.3, -0.25) is 4.79 Å². The molecule has 0 radical (unpaired) electrons. The van der Waals surface area contributed by atoms with Crippen LogP contribution in [0.25, 0.3) is 21.8 Å². The third-order valence-electron chi connectivity index (χ3n) is 3.32. The van der Waals surface area contributed by atoms with Gasteiger partial charge in [0.15, 0.2) is 0 Å². The van der Waals surface area contributed by atoms with Crippen LogP contribution in [-0.4, -0.2) is 47.1 Å². The molecule has 120 valence electrons. The minimum Gasteiger partial charge on any atom is -0.383 e. The number of hydrogen-bond donors (Lipinski definition) is 2. The molecular weight excluding hydrogens is 319 g/mol. The Labute approximate surface area is 135 Å². The minimum atomic E-state index is -0.304. The summed E-state index contributed by atoms with van der Waals surface area (Å²) in [5.74, 6) is -0.184. The molecule has 2 N–H and O–H groups in total. The van der Waals surface area contributed by atoms with Gasteiger partial charge in [-0.15, -0.1) is 5.10 Å². The summed E-state index contributed by atoms with van der Waals surface area (Å²) < 4.78 is 18.3. The van der Waals surface area contributed by atoms with Crippen LogP contribution in [0, 0.1) is 5.82 Å². The fraction of sp³-hybridized carbons (Fsp3) is 0.267. The van der Waals surface area contributed by atoms with Gasteiger partial charge < -0.3 is 15.0 Å². The van der Waals surface area contributed by atoms with Crippen LogP contribution in [0.2, 0.25) is 0 Å². The van der Waals surface area contributed by atoms with Crippen LogP contribution in [0.3, 0.4) is 0 Å². The normalized spacial score (nSPS) is 11.2. The molecule has 2 heterocycles. The van der Waals surface area contributed by atoms with Crippen molar-refractivity contribution in [2.24, 2.45) is 0 Å². The maximum Gasteiger partial charge on any atom is 0.230 e. The van der Waals surface area contributed by atoms with Crippen molar-refractivity contribution >= 4 is 39.5 Å². The Morgan fingerprint density at radius 1 is 1.43 bits per heavy atom. The van der Waals surface area contributed by atoms with Gasteiger partial charge in [0.05, 0.1) is 24.1 Å². The molecule has 0 spiro atoms. The molecule has 6 nitrogen and oxygen atoms in total. The van der Waals surface area contributed by atoms with E-state index < -0.39 is 0 Å². The van der Waals surface area contributed by atoms with Gasteiger partial charge in [0.25, 0.3) is 0 Å². The lowest BCUT2D eigenvalue weighted by Gasteiger charge is -2.04. The molecular formula is C15H15FN4O2S. The number of aromatic nitrogens is 3. The standard InChI is InChI=1S/C15H15FN4O2S/c1-22-5-4-17-13(21)8-23-15-14-11(7-18-20-15)10-6-9(16)2-3-12(10)19-14/h2-3,6-7,19H,4-5,8H2,1H3,(H,17,21). The molecule has 0 bridgehead atoms. The summed E-state index contributed by atoms with van der Waals surface area (Å²) in [6.45, 7) is 0.941. The molecule has 2 aromatic heterocycles. The molecule has 3 rings (SSSR count). The van der Waals surface area contributed by atoms with Crippen molar-refractivity contribution in [1.82, 2.24) is 20.5 Å². The maximum absolute atomic E-state index is 13.4. The molecule has 23 heavy (non-hydrogen) atoms. The van der Waals surface area contributed by atoms with Crippen LogP contribution < -0.4 is 5.32 Å². The summed E-state index contributed by atoms with van der Waals surface area (Å²) in [6, 6.07) is 4.53. The van der Waals surface area contributed by atoms with Gasteiger partial charge in [0, 0.05) is 29.9 Å². The van der Waals surface area contributed by atoms with Gasteiger partial charge in [-0.2, -0.15) is 5.10 Å². The van der Waals surface area contributed by atoms with Gasteiger partial charge in [-0.1, -0.05) is 11.8 Å². The molecule has 3 aromatic rings. The van der Waals surface area contributed by atoms with Crippen LogP contribution in [0.15, 0.2) is 29.4 Å². The number of ether oxygens (including phenoxy) is 1. The molecule has 0 saturated heterocycles. The molecule has 1 amide bonds. The number of halogens is 1. The average Bonchev–Trinajstić information content (AvgIpc) is 2.92. The van der Waals surface area contributed by atoms with E-state index in [1.54, 1.807) is 19.4 Å². The maximum atomic E-state index is 13.4. The van der Waals surface area contributed by atoms with E-state index in [-0.39, 0.29) is 17.5 Å². The summed E-state index contributed by atoms with van der Waals surface area (Å²) in [6.07, 6.45) is 1.59. The van der Waals surface area contributed by atoms with Crippen molar-refractivity contribution in [3.8, 4) is 0 Å². The lowest BCUT2D eigenvalue weighted by atomic mass is 10.2. The van der Waals surface area contributed by atoms with E-state index in [0.29, 0.717) is 18.2 Å². The van der Waals surface area contributed by atoms with Crippen LogP contribution in [0.1, 0.15) is 0 Å². The average molecular weight is 334 g/mol. The van der Waals surface area contributed by atoms with Crippen molar-refractivity contribution in [3.05, 3.63) is 30.2 Å². The summed E-state index contributed by atoms with van der Waals surface area (Å²) >= 11 is 1.28. The van der Waals surface area contributed by atoms with E-state index in [0.717, 1.165) is 21.8 Å². The summed E-state index contributed by atoms with van der Waals surface area (Å²) in [5, 5.41) is 12.9. The molecule has 0 aliphatic carbocycles. The number of nitrogens with zero attached hydrogens (tertiary/aromatic N) is 2. The number of carbonyl (C=O) groups is 1. The number of rotatable bonds is 6. The molecule has 0 aliphatic rings. The number of nitrogens with one attached hydrogen (secondary N) is 2. The van der Waals surface area contributed by atoms with Crippen molar-refractivity contribution < 1.29 is 13.9 Å². The first-order valence-electron chi connectivity index (χ1n) is 7.00. The zero-order valence-corrected chi connectivity index (χ0v) is 13.2. The van der Waals surface area contributed by atoms with E-state index in [9.17, 15) is 9.18 Å². The number of aromatic amines is 1. The highest BCUT2D eigenvalue weighted by Gasteiger charge is 2.12. The fourth-order valence-electron chi connectivity index (χ4n) is 2.26. The minimum absolute atomic E-state index is 0.104. The number of carbonyl (C=O) groups excluding carboxylic acids is 1. The van der Waals surface area contributed by atoms with Crippen LogP contribution in [-0.2, 0) is 9.53 Å². The highest BCUT2D eigenvalue weighted by molar-refractivity contribution is 8.00. The molecule has 8 heteroatoms. The number of benzene rings is 1. The Hall–Kier alpha value is -2.19. The van der Waals surface area contributed by atoms with Crippen molar-refractivity contribution in [2.75, 3.05) is 26.0 Å². The number of amides is 1. The van der Waals surface area contributed by atoms with Crippen LogP contribution in [0.4, 0.5) is 4.39 Å². The van der Waals surface area contributed by atoms with Crippen LogP contribution >= 0.6 is 11.8 Å². The molecule has 0 unspecified atom stereocenters. The molecule has 0 fully saturated rings. The van der Waals surface area contributed by atoms with E-state index in [4.69, 9.17) is 4.74 Å². The van der Waals surface area contributed by atoms with Gasteiger partial charge in [-0.05, 0) is 18.2 Å². The van der Waals surface area contributed by atoms with Gasteiger partial charge in [-0.25, -0.2) is 4.39 Å². The Kier molecular flexibility index (Phi) is 4.73. The smallest absolute Gasteiger partial charge is 0.230 e. The second-order valence-electron chi connectivity index (χ2n) is 4.88. The lowest BCUT2D eigenvalue weighted by Crippen LogP contribution is -2.28. The third-order valence-corrected chi connectivity index (χ3v) is 4.28. The Morgan fingerprint density at radius 3 is 3.13 bits per heavy atom. The molecule has 0 aliphatic heterocycles. The second-order valence-corrected chi connectivity index (χ2v) is 5.85. The first kappa shape index (κ1) is 15.7. The zero-order valence-electron chi connectivity index (χ0n) is 12.4. The first-order valence-corrected chi connectivity index (χ1v) is 7.98. The molecule has 0 atom stereocenters. The quantitative estimate of drug-likeness (QED) is 0.533. The third kappa shape index (κ3) is 3.43. The van der Waals surface area contributed by atoms with Gasteiger partial charge in [0.1, 0.15) is 10.8 Å². The van der Waals surface area contributed by atoms with Crippen molar-refractivity contribution in [1.29, 1.82) is 0 Å². The van der Waals surface area contributed by atoms with E-state index in [2.05, 4.69) is 20.5 Å². The Bertz CT molecular complexity index is 852. The fourth-order valence-corrected chi connectivity index (χ4v) is 3.04. The zero-order chi connectivity index (χ0) is 16.2. The highest BCUT2D eigenvalue weighted by Crippen LogP contribution is 2.30. The van der Waals surface area contributed by atoms with E-state index >= 15 is 0 Å². The predicted molar refractivity (Wildman–Crippen MR) is 87.0 cm³/mol. The number of hydrogen-bond acceptors (Lipinski definition) is 5. The second kappa shape index (κ2) is 6.93.